The van der Waals surface area contributed by atoms with Gasteiger partial charge in [0.2, 0.25) is 0 Å². The lowest BCUT2D eigenvalue weighted by atomic mass is 10.0. The summed E-state index contributed by atoms with van der Waals surface area (Å²) in [6.45, 7) is 0. The maximum absolute atomic E-state index is 13.5. The fourth-order valence-corrected chi connectivity index (χ4v) is 1.61. The summed E-state index contributed by atoms with van der Waals surface area (Å²) in [5.41, 5.74) is 6.52. The first kappa shape index (κ1) is 12.3. The van der Waals surface area contributed by atoms with Gasteiger partial charge >= 0.3 is 0 Å². The Morgan fingerprint density at radius 2 is 2.13 bits per heavy atom. The van der Waals surface area contributed by atoms with Gasteiger partial charge in [-0.1, -0.05) is 6.07 Å². The minimum absolute atomic E-state index is 0. The minimum atomic E-state index is -0.260. The van der Waals surface area contributed by atoms with Crippen molar-refractivity contribution >= 4 is 12.4 Å². The highest BCUT2D eigenvalue weighted by Gasteiger charge is 2.31. The van der Waals surface area contributed by atoms with E-state index in [2.05, 4.69) is 0 Å². The molecule has 0 amide bonds. The lowest BCUT2D eigenvalue weighted by molar-refractivity contribution is 0.409. The van der Waals surface area contributed by atoms with Gasteiger partial charge in [0, 0.05) is 17.7 Å². The molecule has 0 saturated heterocycles. The zero-order valence-electron chi connectivity index (χ0n) is 8.57. The van der Waals surface area contributed by atoms with Gasteiger partial charge < -0.3 is 10.5 Å². The van der Waals surface area contributed by atoms with Crippen LogP contribution in [0.4, 0.5) is 4.39 Å². The van der Waals surface area contributed by atoms with E-state index in [1.54, 1.807) is 12.1 Å². The first-order valence-corrected chi connectivity index (χ1v) is 4.81. The van der Waals surface area contributed by atoms with E-state index < -0.39 is 0 Å². The van der Waals surface area contributed by atoms with Crippen molar-refractivity contribution in [3.63, 3.8) is 0 Å². The van der Waals surface area contributed by atoms with Gasteiger partial charge in [-0.2, -0.15) is 0 Å². The molecule has 1 aromatic rings. The second-order valence-electron chi connectivity index (χ2n) is 3.75. The van der Waals surface area contributed by atoms with E-state index in [9.17, 15) is 4.39 Å². The van der Waals surface area contributed by atoms with E-state index in [1.807, 2.05) is 0 Å². The summed E-state index contributed by atoms with van der Waals surface area (Å²) >= 11 is 0. The van der Waals surface area contributed by atoms with Crippen molar-refractivity contribution in [2.24, 2.45) is 11.7 Å². The van der Waals surface area contributed by atoms with Gasteiger partial charge in [0.05, 0.1) is 7.11 Å². The molecule has 1 aromatic carbocycles. The van der Waals surface area contributed by atoms with Crippen molar-refractivity contribution in [1.82, 2.24) is 0 Å². The van der Waals surface area contributed by atoms with Gasteiger partial charge in [-0.3, -0.25) is 0 Å². The van der Waals surface area contributed by atoms with Crippen LogP contribution in [0.2, 0.25) is 0 Å². The first-order chi connectivity index (χ1) is 6.72. The lowest BCUT2D eigenvalue weighted by Crippen LogP contribution is -2.14. The molecule has 2 nitrogen and oxygen atoms in total. The van der Waals surface area contributed by atoms with Crippen molar-refractivity contribution in [3.05, 3.63) is 29.6 Å². The minimum Gasteiger partial charge on any atom is -0.497 e. The molecule has 1 fully saturated rings. The maximum atomic E-state index is 13.5. The van der Waals surface area contributed by atoms with Gasteiger partial charge in [0.1, 0.15) is 11.6 Å². The van der Waals surface area contributed by atoms with Crippen molar-refractivity contribution in [3.8, 4) is 5.75 Å². The van der Waals surface area contributed by atoms with Crippen molar-refractivity contribution in [2.75, 3.05) is 7.11 Å². The molecule has 0 heterocycles. The van der Waals surface area contributed by atoms with Crippen molar-refractivity contribution < 1.29 is 9.13 Å². The topological polar surface area (TPSA) is 35.2 Å². The van der Waals surface area contributed by atoms with Gasteiger partial charge in [-0.05, 0) is 24.8 Å². The Bertz CT molecular complexity index is 341. The Labute approximate surface area is 95.0 Å². The number of hydrogen-bond donors (Lipinski definition) is 1. The number of halogens is 2. The number of rotatable bonds is 3. The third-order valence-corrected chi connectivity index (χ3v) is 2.70. The largest absolute Gasteiger partial charge is 0.497 e. The Morgan fingerprint density at radius 1 is 1.47 bits per heavy atom. The maximum Gasteiger partial charge on any atom is 0.131 e. The standard InChI is InChI=1S/C11H14FNO.ClH/c1-14-8-4-5-9(10(12)6-8)11(13)7-2-3-7;/h4-7,11H,2-3,13H2,1H3;1H/t11-;/m1./s1. The normalized spacial score (nSPS) is 16.7. The SMILES string of the molecule is COc1ccc([C@H](N)C2CC2)c(F)c1.Cl. The van der Waals surface area contributed by atoms with E-state index in [4.69, 9.17) is 10.5 Å². The molecule has 1 aliphatic carbocycles. The molecule has 4 heteroatoms. The van der Waals surface area contributed by atoms with E-state index in [1.165, 1.54) is 13.2 Å². The molecule has 0 bridgehead atoms. The summed E-state index contributed by atoms with van der Waals surface area (Å²) in [5.74, 6) is 0.746. The Hall–Kier alpha value is -0.800. The fourth-order valence-electron chi connectivity index (χ4n) is 1.61. The Balaban J connectivity index is 0.00000112. The lowest BCUT2D eigenvalue weighted by Gasteiger charge is -2.12. The first-order valence-electron chi connectivity index (χ1n) is 4.81. The number of ether oxygens (including phenoxy) is 1. The van der Waals surface area contributed by atoms with Crippen LogP contribution in [0.1, 0.15) is 24.4 Å². The van der Waals surface area contributed by atoms with Crippen LogP contribution in [0.5, 0.6) is 5.75 Å². The van der Waals surface area contributed by atoms with Crippen LogP contribution in [0.15, 0.2) is 18.2 Å². The Morgan fingerprint density at radius 3 is 2.60 bits per heavy atom. The molecule has 0 aromatic heterocycles. The van der Waals surface area contributed by atoms with Crippen LogP contribution >= 0.6 is 12.4 Å². The highest BCUT2D eigenvalue weighted by Crippen LogP contribution is 2.40. The van der Waals surface area contributed by atoms with Crippen molar-refractivity contribution in [2.45, 2.75) is 18.9 Å². The van der Waals surface area contributed by atoms with Gasteiger partial charge in [-0.25, -0.2) is 4.39 Å². The average Bonchev–Trinajstić information content (AvgIpc) is 3.00. The van der Waals surface area contributed by atoms with E-state index >= 15 is 0 Å². The molecule has 2 rings (SSSR count). The summed E-state index contributed by atoms with van der Waals surface area (Å²) in [5, 5.41) is 0. The average molecular weight is 232 g/mol. The quantitative estimate of drug-likeness (QED) is 0.868. The monoisotopic (exact) mass is 231 g/mol. The van der Waals surface area contributed by atoms with E-state index in [-0.39, 0.29) is 24.3 Å². The molecular formula is C11H15ClFNO. The molecule has 0 aliphatic heterocycles. The molecule has 15 heavy (non-hydrogen) atoms. The third kappa shape index (κ3) is 2.61. The molecule has 1 aliphatic rings. The molecule has 2 N–H and O–H groups in total. The second kappa shape index (κ2) is 4.81. The highest BCUT2D eigenvalue weighted by atomic mass is 35.5. The predicted molar refractivity (Wildman–Crippen MR) is 59.9 cm³/mol. The smallest absolute Gasteiger partial charge is 0.131 e. The zero-order chi connectivity index (χ0) is 10.1. The van der Waals surface area contributed by atoms with Crippen LogP contribution < -0.4 is 10.5 Å². The molecule has 0 unspecified atom stereocenters. The van der Waals surface area contributed by atoms with E-state index in [0.717, 1.165) is 12.8 Å². The van der Waals surface area contributed by atoms with Gasteiger partial charge in [0.25, 0.3) is 0 Å². The molecular weight excluding hydrogens is 217 g/mol. The number of hydrogen-bond acceptors (Lipinski definition) is 2. The molecule has 84 valence electrons. The van der Waals surface area contributed by atoms with Gasteiger partial charge in [-0.15, -0.1) is 12.4 Å². The van der Waals surface area contributed by atoms with Crippen LogP contribution in [0.3, 0.4) is 0 Å². The van der Waals surface area contributed by atoms with Crippen LogP contribution in [0.25, 0.3) is 0 Å². The summed E-state index contributed by atoms with van der Waals surface area (Å²) in [6.07, 6.45) is 2.24. The molecule has 1 atom stereocenters. The highest BCUT2D eigenvalue weighted by molar-refractivity contribution is 5.85. The van der Waals surface area contributed by atoms with E-state index in [0.29, 0.717) is 17.2 Å². The summed E-state index contributed by atoms with van der Waals surface area (Å²) in [4.78, 5) is 0. The number of nitrogens with two attached hydrogens (primary N) is 1. The number of methoxy groups -OCH3 is 1. The zero-order valence-corrected chi connectivity index (χ0v) is 9.39. The Kier molecular flexibility index (Phi) is 3.94. The van der Waals surface area contributed by atoms with Crippen molar-refractivity contribution in [1.29, 1.82) is 0 Å². The van der Waals surface area contributed by atoms with Gasteiger partial charge in [0.15, 0.2) is 0 Å². The summed E-state index contributed by atoms with van der Waals surface area (Å²) < 4.78 is 18.4. The summed E-state index contributed by atoms with van der Waals surface area (Å²) in [6, 6.07) is 4.70. The predicted octanol–water partition coefficient (Wildman–Crippen LogP) is 2.67. The second-order valence-corrected chi connectivity index (χ2v) is 3.75. The van der Waals surface area contributed by atoms with Crippen LogP contribution in [-0.2, 0) is 0 Å². The van der Waals surface area contributed by atoms with Crippen LogP contribution in [0, 0.1) is 11.7 Å². The molecule has 0 spiro atoms. The van der Waals surface area contributed by atoms with Crippen LogP contribution in [-0.4, -0.2) is 7.11 Å². The number of benzene rings is 1. The molecule has 1 saturated carbocycles. The third-order valence-electron chi connectivity index (χ3n) is 2.70. The summed E-state index contributed by atoms with van der Waals surface area (Å²) in [7, 11) is 1.52. The fraction of sp³-hybridized carbons (Fsp3) is 0.455. The molecule has 0 radical (unpaired) electrons.